The van der Waals surface area contributed by atoms with Gasteiger partial charge in [0.15, 0.2) is 0 Å². The lowest BCUT2D eigenvalue weighted by molar-refractivity contribution is -0.0168. The van der Waals surface area contributed by atoms with Gasteiger partial charge in [-0.2, -0.15) is 0 Å². The highest BCUT2D eigenvalue weighted by Gasteiger charge is 2.40. The van der Waals surface area contributed by atoms with Crippen molar-refractivity contribution in [2.75, 3.05) is 6.79 Å². The molecule has 0 spiro atoms. The molecule has 1 aliphatic rings. The Labute approximate surface area is 75.2 Å². The molecule has 0 radical (unpaired) electrons. The molecule has 2 heteroatoms. The predicted molar refractivity (Wildman–Crippen MR) is 48.9 cm³/mol. The van der Waals surface area contributed by atoms with Crippen molar-refractivity contribution in [2.45, 2.75) is 46.8 Å². The number of rotatable bonds is 2. The molecule has 0 aromatic heterocycles. The lowest BCUT2D eigenvalue weighted by Gasteiger charge is -2.35. The Kier molecular flexibility index (Phi) is 2.79. The topological polar surface area (TPSA) is 18.5 Å². The molecule has 1 saturated heterocycles. The lowest BCUT2D eigenvalue weighted by atomic mass is 9.74. The van der Waals surface area contributed by atoms with Crippen LogP contribution in [0.5, 0.6) is 0 Å². The average Bonchev–Trinajstić information content (AvgIpc) is 2.35. The third-order valence-corrected chi connectivity index (χ3v) is 3.23. The van der Waals surface area contributed by atoms with Crippen molar-refractivity contribution < 1.29 is 9.47 Å². The van der Waals surface area contributed by atoms with Gasteiger partial charge in [0.25, 0.3) is 0 Å². The monoisotopic (exact) mass is 172 g/mol. The molecule has 0 bridgehead atoms. The largest absolute Gasteiger partial charge is 0.350 e. The van der Waals surface area contributed by atoms with Gasteiger partial charge >= 0.3 is 0 Å². The van der Waals surface area contributed by atoms with Crippen LogP contribution in [-0.4, -0.2) is 19.0 Å². The van der Waals surface area contributed by atoms with Crippen molar-refractivity contribution in [3.05, 3.63) is 0 Å². The first-order chi connectivity index (χ1) is 5.46. The Hall–Kier alpha value is -0.0800. The molecule has 1 fully saturated rings. The van der Waals surface area contributed by atoms with Crippen molar-refractivity contribution in [2.24, 2.45) is 11.3 Å². The van der Waals surface area contributed by atoms with E-state index in [-0.39, 0.29) is 17.6 Å². The van der Waals surface area contributed by atoms with Crippen LogP contribution in [-0.2, 0) is 9.47 Å². The Balaban J connectivity index is 2.67. The predicted octanol–water partition coefficient (Wildman–Crippen LogP) is 2.43. The summed E-state index contributed by atoms with van der Waals surface area (Å²) in [6.07, 6.45) is 0.486. The first-order valence-corrected chi connectivity index (χ1v) is 4.69. The normalized spacial score (nSPS) is 31.5. The summed E-state index contributed by atoms with van der Waals surface area (Å²) in [7, 11) is 0. The van der Waals surface area contributed by atoms with Crippen molar-refractivity contribution in [3.8, 4) is 0 Å². The third kappa shape index (κ3) is 1.64. The maximum absolute atomic E-state index is 5.57. The van der Waals surface area contributed by atoms with Crippen LogP contribution in [0.1, 0.15) is 34.6 Å². The second-order valence-electron chi connectivity index (χ2n) is 4.55. The summed E-state index contributed by atoms with van der Waals surface area (Å²) < 4.78 is 10.9. The second kappa shape index (κ2) is 3.35. The molecule has 2 nitrogen and oxygen atoms in total. The lowest BCUT2D eigenvalue weighted by Crippen LogP contribution is -2.39. The average molecular weight is 172 g/mol. The Morgan fingerprint density at radius 2 is 1.83 bits per heavy atom. The van der Waals surface area contributed by atoms with Crippen LogP contribution >= 0.6 is 0 Å². The summed E-state index contributed by atoms with van der Waals surface area (Å²) in [6.45, 7) is 11.5. The zero-order chi connectivity index (χ0) is 9.35. The highest BCUT2D eigenvalue weighted by atomic mass is 16.7. The van der Waals surface area contributed by atoms with E-state index in [1.54, 1.807) is 0 Å². The summed E-state index contributed by atoms with van der Waals surface area (Å²) in [6, 6.07) is 0. The van der Waals surface area contributed by atoms with E-state index in [1.165, 1.54) is 0 Å². The van der Waals surface area contributed by atoms with Gasteiger partial charge in [-0.1, -0.05) is 27.7 Å². The first kappa shape index (κ1) is 10.0. The molecule has 1 unspecified atom stereocenters. The van der Waals surface area contributed by atoms with Gasteiger partial charge in [-0.25, -0.2) is 0 Å². The highest BCUT2D eigenvalue weighted by Crippen LogP contribution is 2.37. The molecule has 1 rings (SSSR count). The van der Waals surface area contributed by atoms with Crippen molar-refractivity contribution >= 4 is 0 Å². The van der Waals surface area contributed by atoms with Crippen LogP contribution in [0.3, 0.4) is 0 Å². The molecule has 0 saturated carbocycles. The van der Waals surface area contributed by atoms with Gasteiger partial charge in [-0.05, 0) is 18.3 Å². The summed E-state index contributed by atoms with van der Waals surface area (Å²) in [4.78, 5) is 0. The Bertz CT molecular complexity index is 152. The van der Waals surface area contributed by atoms with E-state index in [1.807, 2.05) is 0 Å². The van der Waals surface area contributed by atoms with E-state index >= 15 is 0 Å². The van der Waals surface area contributed by atoms with Gasteiger partial charge in [0.05, 0.1) is 12.2 Å². The van der Waals surface area contributed by atoms with Gasteiger partial charge in [0.1, 0.15) is 6.79 Å². The zero-order valence-electron chi connectivity index (χ0n) is 8.76. The van der Waals surface area contributed by atoms with E-state index in [9.17, 15) is 0 Å². The third-order valence-electron chi connectivity index (χ3n) is 3.23. The fourth-order valence-electron chi connectivity index (χ4n) is 1.59. The molecule has 1 heterocycles. The molecular formula is C10H20O2. The minimum atomic E-state index is 0.204. The van der Waals surface area contributed by atoms with Crippen molar-refractivity contribution in [1.29, 1.82) is 0 Å². The van der Waals surface area contributed by atoms with Crippen LogP contribution in [0.2, 0.25) is 0 Å². The summed E-state index contributed by atoms with van der Waals surface area (Å²) >= 11 is 0. The second-order valence-corrected chi connectivity index (χ2v) is 4.55. The fraction of sp³-hybridized carbons (Fsp3) is 1.00. The molecule has 12 heavy (non-hydrogen) atoms. The van der Waals surface area contributed by atoms with E-state index < -0.39 is 0 Å². The molecule has 0 aromatic carbocycles. The number of ether oxygens (including phenoxy) is 2. The zero-order valence-corrected chi connectivity index (χ0v) is 8.76. The molecule has 1 aliphatic heterocycles. The molecule has 0 N–H and O–H groups in total. The molecule has 72 valence electrons. The van der Waals surface area contributed by atoms with Crippen LogP contribution in [0.15, 0.2) is 0 Å². The van der Waals surface area contributed by atoms with Crippen LogP contribution in [0.25, 0.3) is 0 Å². The maximum atomic E-state index is 5.57. The molecule has 0 aromatic rings. The van der Waals surface area contributed by atoms with E-state index in [0.29, 0.717) is 12.7 Å². The van der Waals surface area contributed by atoms with Crippen molar-refractivity contribution in [3.63, 3.8) is 0 Å². The maximum Gasteiger partial charge on any atom is 0.147 e. The van der Waals surface area contributed by atoms with E-state index in [2.05, 4.69) is 34.6 Å². The quantitative estimate of drug-likeness (QED) is 0.637. The number of hydrogen-bond donors (Lipinski definition) is 0. The number of hydrogen-bond acceptors (Lipinski definition) is 2. The fourth-order valence-corrected chi connectivity index (χ4v) is 1.59. The molecule has 0 aliphatic carbocycles. The van der Waals surface area contributed by atoms with Crippen molar-refractivity contribution in [1.82, 2.24) is 0 Å². The van der Waals surface area contributed by atoms with Crippen LogP contribution in [0, 0.1) is 11.3 Å². The SMILES string of the molecule is CC(C)C(C)(C)C1OCO[C@@H]1C. The van der Waals surface area contributed by atoms with Crippen LogP contribution < -0.4 is 0 Å². The van der Waals surface area contributed by atoms with Crippen LogP contribution in [0.4, 0.5) is 0 Å². The standard InChI is InChI=1S/C10H20O2/c1-7(2)10(4,5)9-8(3)11-6-12-9/h7-9H,6H2,1-5H3/t8-,9?/m1/s1. The summed E-state index contributed by atoms with van der Waals surface area (Å²) in [5.41, 5.74) is 0.204. The smallest absolute Gasteiger partial charge is 0.147 e. The summed E-state index contributed by atoms with van der Waals surface area (Å²) in [5, 5.41) is 0. The van der Waals surface area contributed by atoms with Gasteiger partial charge in [-0.3, -0.25) is 0 Å². The first-order valence-electron chi connectivity index (χ1n) is 4.69. The van der Waals surface area contributed by atoms with Gasteiger partial charge < -0.3 is 9.47 Å². The molecule has 0 amide bonds. The molecule has 2 atom stereocenters. The molecular weight excluding hydrogens is 152 g/mol. The Morgan fingerprint density at radius 3 is 2.17 bits per heavy atom. The van der Waals surface area contributed by atoms with E-state index in [0.717, 1.165) is 0 Å². The Morgan fingerprint density at radius 1 is 1.25 bits per heavy atom. The van der Waals surface area contributed by atoms with Gasteiger partial charge in [0.2, 0.25) is 0 Å². The van der Waals surface area contributed by atoms with E-state index in [4.69, 9.17) is 9.47 Å². The van der Waals surface area contributed by atoms with Gasteiger partial charge in [-0.15, -0.1) is 0 Å². The van der Waals surface area contributed by atoms with Gasteiger partial charge in [0, 0.05) is 0 Å². The highest BCUT2D eigenvalue weighted by molar-refractivity contribution is 4.87. The summed E-state index contributed by atoms with van der Waals surface area (Å²) in [5.74, 6) is 0.617. The minimum Gasteiger partial charge on any atom is -0.350 e. The minimum absolute atomic E-state index is 0.204.